The van der Waals surface area contributed by atoms with Crippen molar-refractivity contribution in [1.29, 1.82) is 0 Å². The van der Waals surface area contributed by atoms with E-state index in [9.17, 15) is 9.59 Å². The summed E-state index contributed by atoms with van der Waals surface area (Å²) in [5.41, 5.74) is 1.40. The molecule has 4 rings (SSSR count). The fourth-order valence-electron chi connectivity index (χ4n) is 3.74. The molecule has 0 aliphatic heterocycles. The lowest BCUT2D eigenvalue weighted by atomic mass is 10.1. The quantitative estimate of drug-likeness (QED) is 0.512. The van der Waals surface area contributed by atoms with E-state index in [0.29, 0.717) is 22.3 Å². The van der Waals surface area contributed by atoms with Gasteiger partial charge in [-0.1, -0.05) is 12.1 Å². The number of hydrogen-bond donors (Lipinski definition) is 1. The van der Waals surface area contributed by atoms with Crippen LogP contribution < -0.4 is 20.3 Å². The number of nitrogens with one attached hydrogen (secondary N) is 1. The summed E-state index contributed by atoms with van der Waals surface area (Å²) in [6.45, 7) is 1.62. The first kappa shape index (κ1) is 20.4. The maximum Gasteiger partial charge on any atom is 0.279 e. The summed E-state index contributed by atoms with van der Waals surface area (Å²) in [5.74, 6) is 1.12. The van der Waals surface area contributed by atoms with Gasteiger partial charge in [0.2, 0.25) is 5.91 Å². The van der Waals surface area contributed by atoms with E-state index in [0.717, 1.165) is 21.5 Å². The maximum absolute atomic E-state index is 13.0. The summed E-state index contributed by atoms with van der Waals surface area (Å²) >= 11 is 0. The summed E-state index contributed by atoms with van der Waals surface area (Å²) in [6.07, 6.45) is 1.53. The second-order valence-electron chi connectivity index (χ2n) is 7.18. The number of fused-ring (bicyclic) bond motifs is 2. The third-order valence-corrected chi connectivity index (χ3v) is 5.24. The molecule has 0 aliphatic carbocycles. The van der Waals surface area contributed by atoms with Gasteiger partial charge in [0.1, 0.15) is 12.4 Å². The standard InChI is InChI=1S/C22H23N5O4/c1-13(21-25-15-7-5-6-8-16(15)26(21)2)24-18(28)12-27-22(29)19-14(11-23-27)9-10-17(30-3)20(19)31-4/h5-11,13H,12H2,1-4H3,(H,24,28)/t13-/m1/s1. The minimum Gasteiger partial charge on any atom is -0.493 e. The number of nitrogens with zero attached hydrogens (tertiary/aromatic N) is 4. The van der Waals surface area contributed by atoms with Crippen LogP contribution in [0.2, 0.25) is 0 Å². The Hall–Kier alpha value is -3.88. The van der Waals surface area contributed by atoms with E-state index in [1.165, 1.54) is 20.4 Å². The van der Waals surface area contributed by atoms with Crippen molar-refractivity contribution in [3.63, 3.8) is 0 Å². The molecule has 0 fully saturated rings. The van der Waals surface area contributed by atoms with Gasteiger partial charge in [-0.3, -0.25) is 9.59 Å². The highest BCUT2D eigenvalue weighted by atomic mass is 16.5. The molecule has 0 radical (unpaired) electrons. The molecule has 160 valence electrons. The number of aryl methyl sites for hydroxylation is 1. The van der Waals surface area contributed by atoms with Crippen molar-refractivity contribution in [2.45, 2.75) is 19.5 Å². The zero-order valence-electron chi connectivity index (χ0n) is 17.7. The van der Waals surface area contributed by atoms with Crippen LogP contribution in [0.4, 0.5) is 0 Å². The second-order valence-corrected chi connectivity index (χ2v) is 7.18. The van der Waals surface area contributed by atoms with Crippen LogP contribution in [0, 0.1) is 0 Å². The Balaban J connectivity index is 1.60. The first-order valence-electron chi connectivity index (χ1n) is 9.76. The van der Waals surface area contributed by atoms with Crippen LogP contribution in [-0.4, -0.2) is 39.5 Å². The third kappa shape index (κ3) is 3.58. The van der Waals surface area contributed by atoms with Crippen LogP contribution in [0.1, 0.15) is 18.8 Å². The Morgan fingerprint density at radius 1 is 1.16 bits per heavy atom. The number of hydrogen-bond acceptors (Lipinski definition) is 6. The molecular weight excluding hydrogens is 398 g/mol. The molecule has 0 spiro atoms. The van der Waals surface area contributed by atoms with Gasteiger partial charge in [-0.15, -0.1) is 0 Å². The average molecular weight is 421 g/mol. The Labute approximate surface area is 178 Å². The fraction of sp³-hybridized carbons (Fsp3) is 0.273. The van der Waals surface area contributed by atoms with Crippen molar-refractivity contribution < 1.29 is 14.3 Å². The van der Waals surface area contributed by atoms with Gasteiger partial charge in [0, 0.05) is 12.4 Å². The molecule has 0 saturated carbocycles. The molecule has 9 nitrogen and oxygen atoms in total. The summed E-state index contributed by atoms with van der Waals surface area (Å²) < 4.78 is 13.7. The van der Waals surface area contributed by atoms with Crippen molar-refractivity contribution in [2.24, 2.45) is 7.05 Å². The number of amides is 1. The highest BCUT2D eigenvalue weighted by Crippen LogP contribution is 2.32. The molecular formula is C22H23N5O4. The number of carbonyl (C=O) groups excluding carboxylic acids is 1. The zero-order chi connectivity index (χ0) is 22.1. The first-order valence-corrected chi connectivity index (χ1v) is 9.76. The van der Waals surface area contributed by atoms with E-state index in [1.807, 2.05) is 42.8 Å². The van der Waals surface area contributed by atoms with Crippen molar-refractivity contribution in [3.05, 3.63) is 58.8 Å². The second kappa shape index (κ2) is 8.10. The van der Waals surface area contributed by atoms with Gasteiger partial charge < -0.3 is 19.4 Å². The van der Waals surface area contributed by atoms with Crippen molar-refractivity contribution in [1.82, 2.24) is 24.6 Å². The van der Waals surface area contributed by atoms with Crippen LogP contribution in [0.25, 0.3) is 21.8 Å². The van der Waals surface area contributed by atoms with E-state index < -0.39 is 5.56 Å². The van der Waals surface area contributed by atoms with Crippen molar-refractivity contribution in [3.8, 4) is 11.5 Å². The summed E-state index contributed by atoms with van der Waals surface area (Å²) in [4.78, 5) is 30.3. The number of para-hydroxylation sites is 2. The number of ether oxygens (including phenoxy) is 2. The summed E-state index contributed by atoms with van der Waals surface area (Å²) in [7, 11) is 4.87. The minimum atomic E-state index is -0.432. The Morgan fingerprint density at radius 2 is 1.94 bits per heavy atom. The number of carbonyl (C=O) groups is 1. The monoisotopic (exact) mass is 421 g/mol. The normalized spacial score (nSPS) is 12.1. The lowest BCUT2D eigenvalue weighted by Crippen LogP contribution is -2.35. The van der Waals surface area contributed by atoms with E-state index in [4.69, 9.17) is 9.47 Å². The lowest BCUT2D eigenvalue weighted by Gasteiger charge is -2.15. The van der Waals surface area contributed by atoms with Crippen LogP contribution in [0.5, 0.6) is 11.5 Å². The molecule has 2 aromatic carbocycles. The number of imidazole rings is 1. The lowest BCUT2D eigenvalue weighted by molar-refractivity contribution is -0.122. The number of methoxy groups -OCH3 is 2. The molecule has 1 N–H and O–H groups in total. The number of aromatic nitrogens is 4. The van der Waals surface area contributed by atoms with Gasteiger partial charge in [0.05, 0.1) is 42.9 Å². The van der Waals surface area contributed by atoms with Crippen molar-refractivity contribution in [2.75, 3.05) is 14.2 Å². The molecule has 0 unspecified atom stereocenters. The van der Waals surface area contributed by atoms with Gasteiger partial charge in [0.15, 0.2) is 11.5 Å². The van der Waals surface area contributed by atoms with Crippen LogP contribution in [-0.2, 0) is 18.4 Å². The van der Waals surface area contributed by atoms with Crippen LogP contribution in [0.15, 0.2) is 47.4 Å². The Bertz CT molecular complexity index is 1340. The van der Waals surface area contributed by atoms with E-state index >= 15 is 0 Å². The molecule has 31 heavy (non-hydrogen) atoms. The predicted octanol–water partition coefficient (Wildman–Crippen LogP) is 2.18. The van der Waals surface area contributed by atoms with Crippen molar-refractivity contribution >= 4 is 27.7 Å². The van der Waals surface area contributed by atoms with E-state index in [-0.39, 0.29) is 18.5 Å². The van der Waals surface area contributed by atoms with Crippen LogP contribution >= 0.6 is 0 Å². The average Bonchev–Trinajstić information content (AvgIpc) is 3.11. The predicted molar refractivity (Wildman–Crippen MR) is 116 cm³/mol. The number of rotatable bonds is 6. The third-order valence-electron chi connectivity index (χ3n) is 5.24. The van der Waals surface area contributed by atoms with Gasteiger partial charge >= 0.3 is 0 Å². The molecule has 1 amide bonds. The molecule has 0 saturated heterocycles. The smallest absolute Gasteiger partial charge is 0.279 e. The SMILES string of the molecule is COc1ccc2cnn(CC(=O)N[C@H](C)c3nc4ccccc4n3C)c(=O)c2c1OC. The Kier molecular flexibility index (Phi) is 5.33. The van der Waals surface area contributed by atoms with Gasteiger partial charge in [-0.25, -0.2) is 9.67 Å². The minimum absolute atomic E-state index is 0.233. The zero-order valence-corrected chi connectivity index (χ0v) is 17.7. The molecule has 9 heteroatoms. The highest BCUT2D eigenvalue weighted by Gasteiger charge is 2.19. The summed E-state index contributed by atoms with van der Waals surface area (Å²) in [6, 6.07) is 10.8. The first-order chi connectivity index (χ1) is 14.9. The molecule has 1 atom stereocenters. The van der Waals surface area contributed by atoms with E-state index in [1.54, 1.807) is 12.1 Å². The van der Waals surface area contributed by atoms with Gasteiger partial charge in [0.25, 0.3) is 5.56 Å². The topological polar surface area (TPSA) is 100 Å². The van der Waals surface area contributed by atoms with E-state index in [2.05, 4.69) is 15.4 Å². The molecule has 2 aromatic heterocycles. The highest BCUT2D eigenvalue weighted by molar-refractivity contribution is 5.89. The summed E-state index contributed by atoms with van der Waals surface area (Å²) in [5, 5.41) is 7.95. The maximum atomic E-state index is 13.0. The molecule has 2 heterocycles. The molecule has 0 bridgehead atoms. The Morgan fingerprint density at radius 3 is 2.65 bits per heavy atom. The van der Waals surface area contributed by atoms with Gasteiger partial charge in [-0.05, 0) is 31.2 Å². The molecule has 4 aromatic rings. The fourth-order valence-corrected chi connectivity index (χ4v) is 3.74. The largest absolute Gasteiger partial charge is 0.493 e. The number of benzene rings is 2. The van der Waals surface area contributed by atoms with Gasteiger partial charge in [-0.2, -0.15) is 5.10 Å². The molecule has 0 aliphatic rings. The van der Waals surface area contributed by atoms with Crippen LogP contribution in [0.3, 0.4) is 0 Å².